The molecule has 0 radical (unpaired) electrons. The molecule has 0 saturated carbocycles. The molecule has 0 aliphatic carbocycles. The Morgan fingerprint density at radius 1 is 0.885 bits per heavy atom. The Hall–Kier alpha value is -2.95. The molecule has 3 aromatic carbocycles. The van der Waals surface area contributed by atoms with E-state index in [2.05, 4.69) is 35.3 Å². The Bertz CT molecular complexity index is 1030. The summed E-state index contributed by atoms with van der Waals surface area (Å²) in [7, 11) is 0. The van der Waals surface area contributed by atoms with E-state index in [1.54, 1.807) is 18.3 Å². The van der Waals surface area contributed by atoms with E-state index >= 15 is 0 Å². The van der Waals surface area contributed by atoms with Gasteiger partial charge in [-0.2, -0.15) is 0 Å². The van der Waals surface area contributed by atoms with Crippen LogP contribution in [0.2, 0.25) is 0 Å². The third-order valence-corrected chi connectivity index (χ3v) is 4.73. The maximum atomic E-state index is 11.1. The number of aliphatic hydroxyl groups excluding tert-OH is 1. The van der Waals surface area contributed by atoms with Crippen molar-refractivity contribution in [3.8, 4) is 0 Å². The van der Waals surface area contributed by atoms with E-state index in [4.69, 9.17) is 0 Å². The summed E-state index contributed by atoms with van der Waals surface area (Å²) in [6, 6.07) is 23.7. The largest absolute Gasteiger partial charge is 0.393 e. The van der Waals surface area contributed by atoms with Gasteiger partial charge in [0.25, 0.3) is 0 Å². The predicted octanol–water partition coefficient (Wildman–Crippen LogP) is 3.31. The van der Waals surface area contributed by atoms with Gasteiger partial charge in [0.1, 0.15) is 5.82 Å². The molecular weight excluding hydrogens is 324 g/mol. The SMILES string of the molecule is OCC(O)(c1ccccc1)c1nccn1Cc1ccc2ccccc2c1. The topological polar surface area (TPSA) is 58.3 Å². The molecule has 4 heteroatoms. The van der Waals surface area contributed by atoms with Gasteiger partial charge in [-0.25, -0.2) is 4.98 Å². The molecule has 0 fully saturated rings. The quantitative estimate of drug-likeness (QED) is 0.584. The maximum Gasteiger partial charge on any atom is 0.170 e. The standard InChI is InChI=1S/C22H20N2O2/c25-16-22(26,20-8-2-1-3-9-20)21-23-12-13-24(21)15-17-10-11-18-6-4-5-7-19(18)14-17/h1-14,25-26H,15-16H2. The van der Waals surface area contributed by atoms with Crippen LogP contribution in [0.4, 0.5) is 0 Å². The molecule has 0 bridgehead atoms. The van der Waals surface area contributed by atoms with Gasteiger partial charge in [-0.3, -0.25) is 0 Å². The van der Waals surface area contributed by atoms with Crippen LogP contribution in [-0.4, -0.2) is 26.4 Å². The van der Waals surface area contributed by atoms with Crippen LogP contribution in [0.3, 0.4) is 0 Å². The lowest BCUT2D eigenvalue weighted by Gasteiger charge is -2.26. The highest BCUT2D eigenvalue weighted by Crippen LogP contribution is 2.28. The fourth-order valence-corrected chi connectivity index (χ4v) is 3.34. The first kappa shape index (κ1) is 16.5. The molecule has 0 spiro atoms. The van der Waals surface area contributed by atoms with Crippen molar-refractivity contribution in [1.82, 2.24) is 9.55 Å². The van der Waals surface area contributed by atoms with Crippen molar-refractivity contribution in [2.24, 2.45) is 0 Å². The summed E-state index contributed by atoms with van der Waals surface area (Å²) in [5, 5.41) is 23.5. The molecule has 0 amide bonds. The van der Waals surface area contributed by atoms with Crippen molar-refractivity contribution in [2.45, 2.75) is 12.1 Å². The second kappa shape index (κ2) is 6.75. The van der Waals surface area contributed by atoms with Crippen molar-refractivity contribution < 1.29 is 10.2 Å². The fraction of sp³-hybridized carbons (Fsp3) is 0.136. The molecule has 4 aromatic rings. The highest BCUT2D eigenvalue weighted by atomic mass is 16.3. The van der Waals surface area contributed by atoms with Crippen LogP contribution in [0.1, 0.15) is 17.0 Å². The minimum absolute atomic E-state index is 0.430. The zero-order valence-electron chi connectivity index (χ0n) is 14.3. The van der Waals surface area contributed by atoms with Gasteiger partial charge in [0.2, 0.25) is 0 Å². The summed E-state index contributed by atoms with van der Waals surface area (Å²) in [6.07, 6.45) is 3.48. The molecule has 1 heterocycles. The Morgan fingerprint density at radius 3 is 2.38 bits per heavy atom. The number of hydrogen-bond acceptors (Lipinski definition) is 3. The summed E-state index contributed by atoms with van der Waals surface area (Å²) in [5.41, 5.74) is 0.187. The normalized spacial score (nSPS) is 13.6. The highest BCUT2D eigenvalue weighted by Gasteiger charge is 2.35. The van der Waals surface area contributed by atoms with Gasteiger partial charge in [-0.1, -0.05) is 66.7 Å². The first-order valence-electron chi connectivity index (χ1n) is 8.59. The van der Waals surface area contributed by atoms with Crippen molar-refractivity contribution >= 4 is 10.8 Å². The Kier molecular flexibility index (Phi) is 4.29. The third kappa shape index (κ3) is 2.90. The molecule has 4 nitrogen and oxygen atoms in total. The molecule has 1 unspecified atom stereocenters. The summed E-state index contributed by atoms with van der Waals surface area (Å²) in [4.78, 5) is 4.35. The smallest absolute Gasteiger partial charge is 0.170 e. The van der Waals surface area contributed by atoms with Gasteiger partial charge in [0, 0.05) is 18.9 Å². The lowest BCUT2D eigenvalue weighted by Crippen LogP contribution is -2.35. The molecule has 26 heavy (non-hydrogen) atoms. The molecule has 0 saturated heterocycles. The molecule has 1 aromatic heterocycles. The number of aliphatic hydroxyl groups is 2. The predicted molar refractivity (Wildman–Crippen MR) is 102 cm³/mol. The van der Waals surface area contributed by atoms with Gasteiger partial charge in [-0.05, 0) is 28.0 Å². The van der Waals surface area contributed by atoms with Gasteiger partial charge in [0.05, 0.1) is 6.61 Å². The molecule has 0 aliphatic heterocycles. The van der Waals surface area contributed by atoms with Crippen LogP contribution in [0.15, 0.2) is 85.2 Å². The average Bonchev–Trinajstić information content (AvgIpc) is 3.16. The number of imidazole rings is 1. The lowest BCUT2D eigenvalue weighted by molar-refractivity contribution is 0.00737. The number of nitrogens with zero attached hydrogens (tertiary/aromatic N) is 2. The van der Waals surface area contributed by atoms with E-state index in [0.29, 0.717) is 17.9 Å². The summed E-state index contributed by atoms with van der Waals surface area (Å²) < 4.78 is 1.88. The molecular formula is C22H20N2O2. The van der Waals surface area contributed by atoms with Crippen LogP contribution in [-0.2, 0) is 12.1 Å². The third-order valence-electron chi connectivity index (χ3n) is 4.73. The second-order valence-corrected chi connectivity index (χ2v) is 6.44. The van der Waals surface area contributed by atoms with Gasteiger partial charge in [0.15, 0.2) is 5.60 Å². The minimum atomic E-state index is -1.54. The minimum Gasteiger partial charge on any atom is -0.393 e. The van der Waals surface area contributed by atoms with Crippen LogP contribution in [0.25, 0.3) is 10.8 Å². The lowest BCUT2D eigenvalue weighted by atomic mass is 9.93. The van der Waals surface area contributed by atoms with Gasteiger partial charge < -0.3 is 14.8 Å². The van der Waals surface area contributed by atoms with E-state index in [-0.39, 0.29) is 0 Å². The van der Waals surface area contributed by atoms with Crippen LogP contribution >= 0.6 is 0 Å². The second-order valence-electron chi connectivity index (χ2n) is 6.44. The first-order chi connectivity index (χ1) is 12.7. The fourth-order valence-electron chi connectivity index (χ4n) is 3.34. The van der Waals surface area contributed by atoms with Crippen molar-refractivity contribution in [3.63, 3.8) is 0 Å². The van der Waals surface area contributed by atoms with Crippen LogP contribution < -0.4 is 0 Å². The van der Waals surface area contributed by atoms with Crippen LogP contribution in [0.5, 0.6) is 0 Å². The Labute approximate surface area is 152 Å². The zero-order valence-corrected chi connectivity index (χ0v) is 14.3. The van der Waals surface area contributed by atoms with E-state index in [9.17, 15) is 10.2 Å². The summed E-state index contributed by atoms with van der Waals surface area (Å²) in [5.74, 6) is 0.430. The van der Waals surface area contributed by atoms with Crippen molar-refractivity contribution in [2.75, 3.05) is 6.61 Å². The van der Waals surface area contributed by atoms with Crippen molar-refractivity contribution in [1.29, 1.82) is 0 Å². The number of benzene rings is 3. The van der Waals surface area contributed by atoms with Gasteiger partial charge in [-0.15, -0.1) is 0 Å². The molecule has 0 aliphatic rings. The highest BCUT2D eigenvalue weighted by molar-refractivity contribution is 5.82. The number of aromatic nitrogens is 2. The molecule has 4 rings (SSSR count). The van der Waals surface area contributed by atoms with Crippen molar-refractivity contribution in [3.05, 3.63) is 102 Å². The van der Waals surface area contributed by atoms with E-state index in [1.807, 2.05) is 41.1 Å². The van der Waals surface area contributed by atoms with Crippen LogP contribution in [0, 0.1) is 0 Å². The van der Waals surface area contributed by atoms with E-state index in [0.717, 1.165) is 5.56 Å². The zero-order chi connectivity index (χ0) is 18.0. The monoisotopic (exact) mass is 344 g/mol. The van der Waals surface area contributed by atoms with E-state index < -0.39 is 12.2 Å². The van der Waals surface area contributed by atoms with E-state index in [1.165, 1.54) is 10.8 Å². The molecule has 130 valence electrons. The maximum absolute atomic E-state index is 11.1. The molecule has 1 atom stereocenters. The Morgan fingerprint density at radius 2 is 1.62 bits per heavy atom. The Balaban J connectivity index is 1.72. The first-order valence-corrected chi connectivity index (χ1v) is 8.59. The number of fused-ring (bicyclic) bond motifs is 1. The number of rotatable bonds is 5. The molecule has 2 N–H and O–H groups in total. The summed E-state index contributed by atoms with van der Waals surface area (Å²) >= 11 is 0. The van der Waals surface area contributed by atoms with Gasteiger partial charge >= 0.3 is 0 Å². The number of hydrogen-bond donors (Lipinski definition) is 2. The summed E-state index contributed by atoms with van der Waals surface area (Å²) in [6.45, 7) is 0.126. The average molecular weight is 344 g/mol.